The summed E-state index contributed by atoms with van der Waals surface area (Å²) in [6, 6.07) is 3.98. The van der Waals surface area contributed by atoms with Gasteiger partial charge in [-0.05, 0) is 19.9 Å². The van der Waals surface area contributed by atoms with E-state index in [2.05, 4.69) is 0 Å². The second kappa shape index (κ2) is 7.81. The molecule has 0 heterocycles. The van der Waals surface area contributed by atoms with Gasteiger partial charge in [-0.3, -0.25) is 0 Å². The maximum Gasteiger partial charge on any atom is 1.00 e. The third-order valence-corrected chi connectivity index (χ3v) is 2.02. The molecule has 0 fully saturated rings. The Morgan fingerprint density at radius 2 is 1.88 bits per heavy atom. The summed E-state index contributed by atoms with van der Waals surface area (Å²) in [4.78, 5) is 0. The van der Waals surface area contributed by atoms with Gasteiger partial charge < -0.3 is 22.4 Å². The van der Waals surface area contributed by atoms with E-state index in [1.54, 1.807) is 19.9 Å². The molecule has 0 radical (unpaired) electrons. The summed E-state index contributed by atoms with van der Waals surface area (Å²) in [6.45, 7) is -1.47. The maximum atomic E-state index is 12.7. The fraction of sp³-hybridized carbons (Fsp3) is 0.400. The van der Waals surface area contributed by atoms with E-state index in [1.165, 1.54) is 6.07 Å². The predicted octanol–water partition coefficient (Wildman–Crippen LogP) is -0.574. The molecule has 0 aromatic heterocycles. The minimum absolute atomic E-state index is 0. The molecule has 0 atom stereocenters. The van der Waals surface area contributed by atoms with Gasteiger partial charge in [0.25, 0.3) is 0 Å². The van der Waals surface area contributed by atoms with E-state index in [1.807, 2.05) is 0 Å². The molecule has 7 heteroatoms. The Balaban J connectivity index is 0.00000256. The Hall–Kier alpha value is 0.471. The second-order valence-electron chi connectivity index (χ2n) is 3.37. The zero-order valence-corrected chi connectivity index (χ0v) is 13.3. The summed E-state index contributed by atoms with van der Waals surface area (Å²) in [5.74, 6) is -0.174. The van der Waals surface area contributed by atoms with E-state index in [9.17, 15) is 12.9 Å². The molecule has 1 aromatic carbocycles. The van der Waals surface area contributed by atoms with Crippen LogP contribution in [0, 0.1) is 6.92 Å². The minimum Gasteiger partial charge on any atom is -0.471 e. The molecule has 0 N–H and O–H groups in total. The maximum absolute atomic E-state index is 12.7. The van der Waals surface area contributed by atoms with Crippen molar-refractivity contribution in [2.45, 2.75) is 13.8 Å². The Bertz CT molecular complexity index is 358. The van der Waals surface area contributed by atoms with Crippen molar-refractivity contribution in [3.63, 3.8) is 0 Å². The van der Waals surface area contributed by atoms with E-state index >= 15 is 0 Å². The van der Waals surface area contributed by atoms with E-state index in [-0.39, 0.29) is 63.9 Å². The van der Waals surface area contributed by atoms with Gasteiger partial charge in [0.1, 0.15) is 0 Å². The van der Waals surface area contributed by atoms with Crippen LogP contribution in [0.3, 0.4) is 0 Å². The number of halogens is 3. The first-order chi connectivity index (χ1) is 7.45. The molecule has 2 nitrogen and oxygen atoms in total. The minimum atomic E-state index is -5.06. The molecule has 0 aliphatic carbocycles. The number of hydrogen-bond donors (Lipinski definition) is 0. The Morgan fingerprint density at radius 3 is 2.41 bits per heavy atom. The molecule has 0 saturated heterocycles. The summed E-state index contributed by atoms with van der Waals surface area (Å²) >= 11 is 0. The van der Waals surface area contributed by atoms with Gasteiger partial charge in [0.15, 0.2) is 6.79 Å². The van der Waals surface area contributed by atoms with Crippen LogP contribution in [0.2, 0.25) is 0 Å². The monoisotopic (exact) mass is 272 g/mol. The van der Waals surface area contributed by atoms with Crippen LogP contribution in [0.25, 0.3) is 0 Å². The molecule has 1 rings (SSSR count). The normalized spacial score (nSPS) is 10.9. The molecule has 0 aliphatic heterocycles. The van der Waals surface area contributed by atoms with Gasteiger partial charge in [-0.15, -0.1) is 0 Å². The van der Waals surface area contributed by atoms with Gasteiger partial charge in [0.05, 0.1) is 5.75 Å². The van der Waals surface area contributed by atoms with Crippen molar-refractivity contribution < 1.29 is 73.8 Å². The Labute approximate surface area is 141 Å². The van der Waals surface area contributed by atoms with Gasteiger partial charge in [-0.2, -0.15) is 0 Å². The van der Waals surface area contributed by atoms with Gasteiger partial charge in [-0.25, -0.2) is 0 Å². The Morgan fingerprint density at radius 1 is 1.24 bits per heavy atom. The summed E-state index contributed by atoms with van der Waals surface area (Å²) in [6.07, 6.45) is 0. The van der Waals surface area contributed by atoms with Crippen molar-refractivity contribution in [1.82, 2.24) is 0 Å². The van der Waals surface area contributed by atoms with Crippen LogP contribution in [0.15, 0.2) is 18.2 Å². The molecule has 0 spiro atoms. The molecule has 17 heavy (non-hydrogen) atoms. The summed E-state index contributed by atoms with van der Waals surface area (Å²) in [7, 11) is 0. The number of hydrogen-bond acceptors (Lipinski definition) is 2. The van der Waals surface area contributed by atoms with Crippen LogP contribution in [0.4, 0.5) is 12.9 Å². The third-order valence-electron chi connectivity index (χ3n) is 2.02. The molecular weight excluding hydrogens is 259 g/mol. The topological polar surface area (TPSA) is 18.5 Å². The van der Waals surface area contributed by atoms with Gasteiger partial charge >= 0.3 is 58.4 Å². The van der Waals surface area contributed by atoms with Crippen molar-refractivity contribution in [1.29, 1.82) is 0 Å². The summed E-state index contributed by atoms with van der Waals surface area (Å²) in [5.41, 5.74) is -0.155. The van der Waals surface area contributed by atoms with Crippen LogP contribution in [0.1, 0.15) is 12.5 Å². The van der Waals surface area contributed by atoms with Crippen LogP contribution in [-0.2, 0) is 4.74 Å². The molecular formula is C10H13BF3KO2. The van der Waals surface area contributed by atoms with Crippen molar-refractivity contribution in [2.24, 2.45) is 0 Å². The smallest absolute Gasteiger partial charge is 0.471 e. The molecule has 0 unspecified atom stereocenters. The van der Waals surface area contributed by atoms with Crippen molar-refractivity contribution in [2.75, 3.05) is 13.4 Å². The zero-order chi connectivity index (χ0) is 12.2. The Kier molecular flexibility index (Phi) is 8.02. The largest absolute Gasteiger partial charge is 1.00 e. The van der Waals surface area contributed by atoms with Crippen molar-refractivity contribution >= 4 is 12.4 Å². The quantitative estimate of drug-likeness (QED) is 0.406. The first-order valence-electron chi connectivity index (χ1n) is 4.96. The first kappa shape index (κ1) is 17.5. The fourth-order valence-corrected chi connectivity index (χ4v) is 1.24. The molecule has 1 aromatic rings. The fourth-order valence-electron chi connectivity index (χ4n) is 1.24. The van der Waals surface area contributed by atoms with E-state index in [0.29, 0.717) is 12.2 Å². The van der Waals surface area contributed by atoms with Crippen molar-refractivity contribution in [3.8, 4) is 5.75 Å². The second-order valence-corrected chi connectivity index (χ2v) is 3.37. The molecule has 0 aliphatic rings. The number of rotatable bonds is 5. The number of aryl methyl sites for hydroxylation is 1. The molecule has 90 valence electrons. The summed E-state index contributed by atoms with van der Waals surface area (Å²) in [5, 5.41) is 0. The number of benzene rings is 1. The van der Waals surface area contributed by atoms with Crippen LogP contribution >= 0.6 is 0 Å². The standard InChI is InChI=1S/C10H13BF3O2.K/c1-3-15-7-16-10-5-4-8(2)6-9(10)11(12,13)14;/h4-6H,3,7H2,1-2H3;/q-1;+1. The zero-order valence-electron chi connectivity index (χ0n) is 10.2. The molecule has 0 saturated carbocycles. The average molecular weight is 272 g/mol. The predicted molar refractivity (Wildman–Crippen MR) is 57.0 cm³/mol. The van der Waals surface area contributed by atoms with Crippen molar-refractivity contribution in [3.05, 3.63) is 23.8 Å². The van der Waals surface area contributed by atoms with Crippen LogP contribution in [0.5, 0.6) is 5.75 Å². The van der Waals surface area contributed by atoms with Gasteiger partial charge in [0.2, 0.25) is 0 Å². The van der Waals surface area contributed by atoms with E-state index in [0.717, 1.165) is 6.07 Å². The van der Waals surface area contributed by atoms with Crippen LogP contribution < -0.4 is 61.6 Å². The van der Waals surface area contributed by atoms with Crippen LogP contribution in [-0.4, -0.2) is 20.4 Å². The molecule has 0 bridgehead atoms. The van der Waals surface area contributed by atoms with E-state index < -0.39 is 12.4 Å². The van der Waals surface area contributed by atoms with Gasteiger partial charge in [-0.1, -0.05) is 23.2 Å². The van der Waals surface area contributed by atoms with Gasteiger partial charge in [0, 0.05) is 6.61 Å². The summed E-state index contributed by atoms with van der Waals surface area (Å²) < 4.78 is 47.8. The van der Waals surface area contributed by atoms with E-state index in [4.69, 9.17) is 9.47 Å². The average Bonchev–Trinajstić information content (AvgIpc) is 2.19. The third kappa shape index (κ3) is 5.76. The first-order valence-corrected chi connectivity index (χ1v) is 4.96. The SMILES string of the molecule is CCOCOc1ccc(C)cc1[B-](F)(F)F.[K+]. The number of ether oxygens (including phenoxy) is 2. The molecule has 0 amide bonds.